The van der Waals surface area contributed by atoms with E-state index in [1.165, 1.54) is 28.3 Å². The molecule has 5 rings (SSSR count). The summed E-state index contributed by atoms with van der Waals surface area (Å²) in [6.07, 6.45) is 5.90. The number of hydrogen-bond donors (Lipinski definition) is 2. The summed E-state index contributed by atoms with van der Waals surface area (Å²) >= 11 is 0. The standard InChI is InChI=1S/C25H31BN2O5S/c1-24(2)25(3,4)33-26(32-24)19-12-7-13-20(34(27,30)31)21(19)23(29)28-22-17-10-5-8-15(17)14-16-9-6-11-18(16)22/h7,12-14H,5-6,8-11H2,1-4H3,(H,28,29)(H2,27,30,31). The fourth-order valence-corrected chi connectivity index (χ4v) is 6.10. The fraction of sp³-hybridized carbons (Fsp3) is 0.480. The molecular weight excluding hydrogens is 451 g/mol. The molecule has 1 amide bonds. The number of nitrogens with two attached hydrogens (primary N) is 1. The molecule has 0 unspecified atom stereocenters. The molecule has 1 fully saturated rings. The van der Waals surface area contributed by atoms with E-state index < -0.39 is 34.3 Å². The highest BCUT2D eigenvalue weighted by Gasteiger charge is 2.53. The maximum atomic E-state index is 13.8. The third kappa shape index (κ3) is 3.79. The quantitative estimate of drug-likeness (QED) is 0.652. The molecule has 2 aromatic rings. The summed E-state index contributed by atoms with van der Waals surface area (Å²) in [5.74, 6) is -0.510. The number of carbonyl (C=O) groups excluding carboxylic acids is 1. The molecule has 0 saturated carbocycles. The average molecular weight is 482 g/mol. The lowest BCUT2D eigenvalue weighted by molar-refractivity contribution is 0.00578. The summed E-state index contributed by atoms with van der Waals surface area (Å²) in [5.41, 5.74) is 4.77. The number of nitrogens with one attached hydrogen (secondary N) is 1. The molecule has 7 nitrogen and oxygen atoms in total. The zero-order valence-corrected chi connectivity index (χ0v) is 21.0. The Balaban J connectivity index is 1.62. The lowest BCUT2D eigenvalue weighted by atomic mass is 9.75. The van der Waals surface area contributed by atoms with Crippen LogP contribution in [-0.2, 0) is 45.0 Å². The Hall–Kier alpha value is -2.20. The summed E-state index contributed by atoms with van der Waals surface area (Å²) in [5, 5.41) is 8.66. The summed E-state index contributed by atoms with van der Waals surface area (Å²) in [6, 6.07) is 6.88. The Morgan fingerprint density at radius 3 is 2.06 bits per heavy atom. The van der Waals surface area contributed by atoms with Crippen molar-refractivity contribution in [3.8, 4) is 0 Å². The number of anilines is 1. The Morgan fingerprint density at radius 1 is 0.971 bits per heavy atom. The van der Waals surface area contributed by atoms with Crippen LogP contribution < -0.4 is 15.9 Å². The van der Waals surface area contributed by atoms with Crippen molar-refractivity contribution in [2.45, 2.75) is 82.3 Å². The number of hydrogen-bond acceptors (Lipinski definition) is 5. The lowest BCUT2D eigenvalue weighted by Crippen LogP contribution is -2.41. The van der Waals surface area contributed by atoms with E-state index in [9.17, 15) is 13.2 Å². The van der Waals surface area contributed by atoms with Gasteiger partial charge in [-0.15, -0.1) is 0 Å². The minimum Gasteiger partial charge on any atom is -0.399 e. The van der Waals surface area contributed by atoms with E-state index in [0.717, 1.165) is 44.2 Å². The Bertz CT molecular complexity index is 1250. The molecule has 9 heteroatoms. The average Bonchev–Trinajstić information content (AvgIpc) is 3.44. The number of benzene rings is 2. The smallest absolute Gasteiger partial charge is 0.399 e. The van der Waals surface area contributed by atoms with Crippen molar-refractivity contribution in [3.63, 3.8) is 0 Å². The maximum Gasteiger partial charge on any atom is 0.495 e. The second kappa shape index (κ2) is 7.91. The Morgan fingerprint density at radius 2 is 1.53 bits per heavy atom. The molecule has 0 radical (unpaired) electrons. The molecule has 0 bridgehead atoms. The second-order valence-electron chi connectivity index (χ2n) is 10.5. The van der Waals surface area contributed by atoms with Crippen LogP contribution in [0.3, 0.4) is 0 Å². The molecule has 34 heavy (non-hydrogen) atoms. The molecule has 1 aliphatic heterocycles. The number of amides is 1. The van der Waals surface area contributed by atoms with Crippen molar-refractivity contribution in [3.05, 3.63) is 52.1 Å². The van der Waals surface area contributed by atoms with Crippen LogP contribution in [0.5, 0.6) is 0 Å². The molecular formula is C25H31BN2O5S. The number of aryl methyl sites for hydroxylation is 2. The number of rotatable bonds is 4. The van der Waals surface area contributed by atoms with Crippen molar-refractivity contribution in [2.24, 2.45) is 5.14 Å². The first-order valence-corrected chi connectivity index (χ1v) is 13.4. The predicted molar refractivity (Wildman–Crippen MR) is 132 cm³/mol. The highest BCUT2D eigenvalue weighted by atomic mass is 32.2. The molecule has 180 valence electrons. The van der Waals surface area contributed by atoms with Gasteiger partial charge in [-0.25, -0.2) is 13.6 Å². The number of sulfonamides is 1. The fourth-order valence-electron chi connectivity index (χ4n) is 5.34. The zero-order chi connectivity index (χ0) is 24.5. The largest absolute Gasteiger partial charge is 0.495 e. The van der Waals surface area contributed by atoms with Crippen LogP contribution in [0.25, 0.3) is 0 Å². The summed E-state index contributed by atoms with van der Waals surface area (Å²) in [6.45, 7) is 7.64. The van der Waals surface area contributed by atoms with Gasteiger partial charge in [0.1, 0.15) is 0 Å². The highest BCUT2D eigenvalue weighted by molar-refractivity contribution is 7.89. The van der Waals surface area contributed by atoms with Crippen molar-refractivity contribution in [1.82, 2.24) is 0 Å². The van der Waals surface area contributed by atoms with Gasteiger partial charge in [-0.2, -0.15) is 0 Å². The second-order valence-corrected chi connectivity index (χ2v) is 12.1. The summed E-state index contributed by atoms with van der Waals surface area (Å²) in [7, 11) is -5.08. The van der Waals surface area contributed by atoms with Gasteiger partial charge in [-0.3, -0.25) is 4.79 Å². The summed E-state index contributed by atoms with van der Waals surface area (Å²) < 4.78 is 37.4. The van der Waals surface area contributed by atoms with Gasteiger partial charge in [0.2, 0.25) is 10.0 Å². The SMILES string of the molecule is CC1(C)OB(c2cccc(S(N)(=O)=O)c2C(=O)Nc2c3c(cc4c2CCC4)CCC3)OC1(C)C. The van der Waals surface area contributed by atoms with Gasteiger partial charge >= 0.3 is 7.12 Å². The molecule has 2 aromatic carbocycles. The predicted octanol–water partition coefficient (Wildman–Crippen LogP) is 2.86. The third-order valence-corrected chi connectivity index (χ3v) is 8.76. The zero-order valence-electron chi connectivity index (χ0n) is 20.2. The Kier molecular flexibility index (Phi) is 5.48. The molecule has 0 atom stereocenters. The van der Waals surface area contributed by atoms with Gasteiger partial charge in [-0.1, -0.05) is 18.2 Å². The van der Waals surface area contributed by atoms with E-state index in [1.807, 2.05) is 27.7 Å². The minimum absolute atomic E-state index is 0.0224. The third-order valence-electron chi connectivity index (χ3n) is 7.81. The van der Waals surface area contributed by atoms with Crippen LogP contribution >= 0.6 is 0 Å². The van der Waals surface area contributed by atoms with Crippen molar-refractivity contribution < 1.29 is 22.5 Å². The molecule has 1 saturated heterocycles. The lowest BCUT2D eigenvalue weighted by Gasteiger charge is -2.32. The maximum absolute atomic E-state index is 13.8. The molecule has 1 heterocycles. The first-order valence-electron chi connectivity index (χ1n) is 11.9. The van der Waals surface area contributed by atoms with Crippen LogP contribution in [0.1, 0.15) is 73.1 Å². The van der Waals surface area contributed by atoms with Gasteiger partial charge in [-0.05, 0) is 100 Å². The van der Waals surface area contributed by atoms with Gasteiger partial charge in [0.05, 0.1) is 21.7 Å². The van der Waals surface area contributed by atoms with Crippen LogP contribution in [0.4, 0.5) is 5.69 Å². The molecule has 3 N–H and O–H groups in total. The first kappa shape index (κ1) is 23.5. The normalized spacial score (nSPS) is 20.3. The van der Waals surface area contributed by atoms with Crippen molar-refractivity contribution >= 4 is 34.2 Å². The van der Waals surface area contributed by atoms with Crippen molar-refractivity contribution in [1.29, 1.82) is 0 Å². The van der Waals surface area contributed by atoms with Gasteiger partial charge in [0, 0.05) is 5.69 Å². The Labute approximate surface area is 201 Å². The number of fused-ring (bicyclic) bond motifs is 2. The molecule has 0 aromatic heterocycles. The van der Waals surface area contributed by atoms with Crippen LogP contribution in [0.2, 0.25) is 0 Å². The monoisotopic (exact) mass is 482 g/mol. The molecule has 3 aliphatic rings. The van der Waals surface area contributed by atoms with E-state index in [4.69, 9.17) is 14.4 Å². The van der Waals surface area contributed by atoms with E-state index >= 15 is 0 Å². The highest BCUT2D eigenvalue weighted by Crippen LogP contribution is 2.40. The van der Waals surface area contributed by atoms with E-state index in [2.05, 4.69) is 11.4 Å². The topological polar surface area (TPSA) is 108 Å². The molecule has 0 spiro atoms. The van der Waals surface area contributed by atoms with Crippen LogP contribution in [0.15, 0.2) is 29.2 Å². The number of primary sulfonamides is 1. The van der Waals surface area contributed by atoms with Gasteiger partial charge < -0.3 is 14.6 Å². The first-order chi connectivity index (χ1) is 15.9. The van der Waals surface area contributed by atoms with E-state index in [-0.39, 0.29) is 10.5 Å². The van der Waals surface area contributed by atoms with Crippen LogP contribution in [0, 0.1) is 0 Å². The summed E-state index contributed by atoms with van der Waals surface area (Å²) in [4.78, 5) is 13.6. The van der Waals surface area contributed by atoms with Gasteiger partial charge in [0.25, 0.3) is 5.91 Å². The van der Waals surface area contributed by atoms with Crippen molar-refractivity contribution in [2.75, 3.05) is 5.32 Å². The van der Waals surface area contributed by atoms with E-state index in [0.29, 0.717) is 5.46 Å². The molecule has 2 aliphatic carbocycles. The minimum atomic E-state index is -4.18. The number of carbonyl (C=O) groups is 1. The van der Waals surface area contributed by atoms with Gasteiger partial charge in [0.15, 0.2) is 0 Å². The van der Waals surface area contributed by atoms with E-state index in [1.54, 1.807) is 12.1 Å². The van der Waals surface area contributed by atoms with Crippen LogP contribution in [-0.4, -0.2) is 32.6 Å².